The van der Waals surface area contributed by atoms with Crippen molar-refractivity contribution in [2.75, 3.05) is 0 Å². The summed E-state index contributed by atoms with van der Waals surface area (Å²) in [6.07, 6.45) is 0.214. The molecule has 3 heteroatoms. The summed E-state index contributed by atoms with van der Waals surface area (Å²) < 4.78 is 14.0. The standard InChI is InChI=1S/C16H14BrFO/c1-10-6-7-13(18)8-12(10)9-15(19)14-5-3-4-11(2)16(14)17/h3-8H,9H2,1-2H3. The number of Topliss-reactive ketones (excluding diaryl/α,β-unsaturated/α-hetero) is 1. The average Bonchev–Trinajstić information content (AvgIpc) is 2.37. The van der Waals surface area contributed by atoms with Gasteiger partial charge in [0.15, 0.2) is 5.78 Å². The Morgan fingerprint density at radius 3 is 2.63 bits per heavy atom. The molecule has 98 valence electrons. The van der Waals surface area contributed by atoms with Crippen LogP contribution in [0.2, 0.25) is 0 Å². The molecule has 0 saturated carbocycles. The number of ketones is 1. The Balaban J connectivity index is 2.31. The second-order valence-corrected chi connectivity index (χ2v) is 5.40. The lowest BCUT2D eigenvalue weighted by Crippen LogP contribution is -2.06. The normalized spacial score (nSPS) is 10.5. The van der Waals surface area contributed by atoms with Gasteiger partial charge in [0.2, 0.25) is 0 Å². The van der Waals surface area contributed by atoms with Crippen molar-refractivity contribution in [1.29, 1.82) is 0 Å². The Morgan fingerprint density at radius 1 is 1.16 bits per heavy atom. The zero-order valence-electron chi connectivity index (χ0n) is 10.8. The SMILES string of the molecule is Cc1ccc(F)cc1CC(=O)c1cccc(C)c1Br. The molecule has 0 aliphatic carbocycles. The van der Waals surface area contributed by atoms with Crippen LogP contribution in [0.3, 0.4) is 0 Å². The molecule has 0 heterocycles. The van der Waals surface area contributed by atoms with Gasteiger partial charge in [-0.2, -0.15) is 0 Å². The van der Waals surface area contributed by atoms with Crippen molar-refractivity contribution in [1.82, 2.24) is 0 Å². The predicted octanol–water partition coefficient (Wildman–Crippen LogP) is 4.63. The fourth-order valence-corrected chi connectivity index (χ4v) is 2.45. The third kappa shape index (κ3) is 3.10. The van der Waals surface area contributed by atoms with Crippen LogP contribution in [0.1, 0.15) is 27.0 Å². The van der Waals surface area contributed by atoms with Gasteiger partial charge in [0.05, 0.1) is 0 Å². The van der Waals surface area contributed by atoms with E-state index in [1.165, 1.54) is 12.1 Å². The first-order valence-electron chi connectivity index (χ1n) is 6.02. The molecule has 0 radical (unpaired) electrons. The van der Waals surface area contributed by atoms with E-state index in [0.29, 0.717) is 5.56 Å². The van der Waals surface area contributed by atoms with Crippen molar-refractivity contribution >= 4 is 21.7 Å². The zero-order valence-corrected chi connectivity index (χ0v) is 12.4. The molecule has 0 spiro atoms. The summed E-state index contributed by atoms with van der Waals surface area (Å²) in [6.45, 7) is 3.82. The minimum atomic E-state index is -0.309. The largest absolute Gasteiger partial charge is 0.294 e. The van der Waals surface area contributed by atoms with Gasteiger partial charge in [-0.1, -0.05) is 24.3 Å². The Bertz CT molecular complexity index is 635. The molecule has 2 aromatic rings. The van der Waals surface area contributed by atoms with Gasteiger partial charge in [-0.15, -0.1) is 0 Å². The summed E-state index contributed by atoms with van der Waals surface area (Å²) in [6, 6.07) is 10.1. The lowest BCUT2D eigenvalue weighted by Gasteiger charge is -2.08. The first-order chi connectivity index (χ1) is 8.99. The minimum Gasteiger partial charge on any atom is -0.294 e. The molecule has 2 rings (SSSR count). The maximum Gasteiger partial charge on any atom is 0.168 e. The number of aryl methyl sites for hydroxylation is 2. The molecular formula is C16H14BrFO. The number of hydrogen-bond acceptors (Lipinski definition) is 1. The maximum atomic E-state index is 13.2. The van der Waals surface area contributed by atoms with Gasteiger partial charge in [-0.3, -0.25) is 4.79 Å². The Hall–Kier alpha value is -1.48. The number of carbonyl (C=O) groups is 1. The number of rotatable bonds is 3. The van der Waals surface area contributed by atoms with Gasteiger partial charge in [-0.05, 0) is 58.6 Å². The molecule has 0 aromatic heterocycles. The lowest BCUT2D eigenvalue weighted by molar-refractivity contribution is 0.0992. The van der Waals surface area contributed by atoms with E-state index in [1.54, 1.807) is 12.1 Å². The summed E-state index contributed by atoms with van der Waals surface area (Å²) in [5.74, 6) is -0.319. The van der Waals surface area contributed by atoms with Crippen molar-refractivity contribution in [2.24, 2.45) is 0 Å². The predicted molar refractivity (Wildman–Crippen MR) is 78.1 cm³/mol. The van der Waals surface area contributed by atoms with E-state index in [9.17, 15) is 9.18 Å². The van der Waals surface area contributed by atoms with Crippen LogP contribution < -0.4 is 0 Å². The average molecular weight is 321 g/mol. The topological polar surface area (TPSA) is 17.1 Å². The maximum absolute atomic E-state index is 13.2. The smallest absolute Gasteiger partial charge is 0.168 e. The van der Waals surface area contributed by atoms with Crippen molar-refractivity contribution < 1.29 is 9.18 Å². The molecular weight excluding hydrogens is 307 g/mol. The van der Waals surface area contributed by atoms with Crippen LogP contribution in [-0.4, -0.2) is 5.78 Å². The van der Waals surface area contributed by atoms with Gasteiger partial charge >= 0.3 is 0 Å². The zero-order chi connectivity index (χ0) is 14.0. The Labute approximate surface area is 120 Å². The van der Waals surface area contributed by atoms with Gasteiger partial charge in [0, 0.05) is 16.5 Å². The van der Waals surface area contributed by atoms with Crippen LogP contribution in [0.15, 0.2) is 40.9 Å². The van der Waals surface area contributed by atoms with Crippen LogP contribution in [0, 0.1) is 19.7 Å². The highest BCUT2D eigenvalue weighted by Crippen LogP contribution is 2.23. The molecule has 1 nitrogen and oxygen atoms in total. The molecule has 0 N–H and O–H groups in total. The number of carbonyl (C=O) groups excluding carboxylic acids is 1. The summed E-state index contributed by atoms with van der Waals surface area (Å²) in [5, 5.41) is 0. The van der Waals surface area contributed by atoms with Crippen molar-refractivity contribution in [2.45, 2.75) is 20.3 Å². The third-order valence-electron chi connectivity index (χ3n) is 3.15. The highest BCUT2D eigenvalue weighted by Gasteiger charge is 2.13. The second kappa shape index (κ2) is 5.66. The van der Waals surface area contributed by atoms with Gasteiger partial charge in [-0.25, -0.2) is 4.39 Å². The van der Waals surface area contributed by atoms with E-state index in [1.807, 2.05) is 26.0 Å². The summed E-state index contributed by atoms with van der Waals surface area (Å²) in [7, 11) is 0. The fourth-order valence-electron chi connectivity index (χ4n) is 1.96. The highest BCUT2D eigenvalue weighted by atomic mass is 79.9. The highest BCUT2D eigenvalue weighted by molar-refractivity contribution is 9.10. The Kier molecular flexibility index (Phi) is 4.15. The molecule has 0 aliphatic heterocycles. The van der Waals surface area contributed by atoms with Gasteiger partial charge in [0.25, 0.3) is 0 Å². The summed E-state index contributed by atoms with van der Waals surface area (Å²) >= 11 is 3.43. The number of benzene rings is 2. The van der Waals surface area contributed by atoms with Gasteiger partial charge < -0.3 is 0 Å². The van der Waals surface area contributed by atoms with Crippen LogP contribution >= 0.6 is 15.9 Å². The summed E-state index contributed by atoms with van der Waals surface area (Å²) in [5.41, 5.74) is 3.32. The van der Waals surface area contributed by atoms with Crippen LogP contribution in [0.5, 0.6) is 0 Å². The third-order valence-corrected chi connectivity index (χ3v) is 4.21. The molecule has 0 amide bonds. The molecule has 2 aromatic carbocycles. The molecule has 0 aliphatic rings. The number of halogens is 2. The first kappa shape index (κ1) is 13.9. The summed E-state index contributed by atoms with van der Waals surface area (Å²) in [4.78, 5) is 12.3. The fraction of sp³-hybridized carbons (Fsp3) is 0.188. The first-order valence-corrected chi connectivity index (χ1v) is 6.81. The van der Waals surface area contributed by atoms with Crippen molar-refractivity contribution in [3.63, 3.8) is 0 Å². The van der Waals surface area contributed by atoms with Crippen LogP contribution in [0.25, 0.3) is 0 Å². The van der Waals surface area contributed by atoms with Crippen molar-refractivity contribution in [3.8, 4) is 0 Å². The minimum absolute atomic E-state index is 0.00993. The molecule has 19 heavy (non-hydrogen) atoms. The van der Waals surface area contributed by atoms with Crippen LogP contribution in [-0.2, 0) is 6.42 Å². The molecule has 0 saturated heterocycles. The molecule has 0 unspecified atom stereocenters. The van der Waals surface area contributed by atoms with E-state index in [-0.39, 0.29) is 18.0 Å². The monoisotopic (exact) mass is 320 g/mol. The molecule has 0 bridgehead atoms. The Morgan fingerprint density at radius 2 is 1.89 bits per heavy atom. The van der Waals surface area contributed by atoms with E-state index >= 15 is 0 Å². The van der Waals surface area contributed by atoms with E-state index in [0.717, 1.165) is 21.2 Å². The van der Waals surface area contributed by atoms with Gasteiger partial charge in [0.1, 0.15) is 5.82 Å². The lowest BCUT2D eigenvalue weighted by atomic mass is 9.98. The van der Waals surface area contributed by atoms with Crippen LogP contribution in [0.4, 0.5) is 4.39 Å². The quantitative estimate of drug-likeness (QED) is 0.753. The van der Waals surface area contributed by atoms with E-state index in [4.69, 9.17) is 0 Å². The van der Waals surface area contributed by atoms with Crippen molar-refractivity contribution in [3.05, 3.63) is 68.9 Å². The molecule has 0 atom stereocenters. The number of hydrogen-bond donors (Lipinski definition) is 0. The second-order valence-electron chi connectivity index (χ2n) is 4.61. The van der Waals surface area contributed by atoms with E-state index in [2.05, 4.69) is 15.9 Å². The van der Waals surface area contributed by atoms with E-state index < -0.39 is 0 Å². The molecule has 0 fully saturated rings.